The van der Waals surface area contributed by atoms with Crippen LogP contribution in [-0.2, 0) is 11.3 Å². The third-order valence-corrected chi connectivity index (χ3v) is 3.94. The SMILES string of the molecule is Cc1cc(Br)ccc1NC(=O)Cn1ncc(Cl)c(Cl)c1=O. The van der Waals surface area contributed by atoms with Gasteiger partial charge in [-0.15, -0.1) is 0 Å². The first kappa shape index (κ1) is 16.0. The average Bonchev–Trinajstić information content (AvgIpc) is 2.43. The first-order valence-electron chi connectivity index (χ1n) is 5.85. The fourth-order valence-corrected chi connectivity index (χ4v) is 2.40. The van der Waals surface area contributed by atoms with Crippen molar-refractivity contribution in [2.24, 2.45) is 0 Å². The smallest absolute Gasteiger partial charge is 0.287 e. The topological polar surface area (TPSA) is 64.0 Å². The lowest BCUT2D eigenvalue weighted by molar-refractivity contribution is -0.117. The van der Waals surface area contributed by atoms with E-state index in [2.05, 4.69) is 26.3 Å². The van der Waals surface area contributed by atoms with Gasteiger partial charge in [0.2, 0.25) is 5.91 Å². The summed E-state index contributed by atoms with van der Waals surface area (Å²) in [6.45, 7) is 1.62. The van der Waals surface area contributed by atoms with Gasteiger partial charge >= 0.3 is 0 Å². The number of benzene rings is 1. The van der Waals surface area contributed by atoms with Crippen LogP contribution in [0, 0.1) is 6.92 Å². The fraction of sp³-hybridized carbons (Fsp3) is 0.154. The molecule has 2 rings (SSSR count). The van der Waals surface area contributed by atoms with Crippen molar-refractivity contribution in [3.8, 4) is 0 Å². The van der Waals surface area contributed by atoms with Gasteiger partial charge in [0.1, 0.15) is 11.6 Å². The highest BCUT2D eigenvalue weighted by Crippen LogP contribution is 2.20. The Labute approximate surface area is 139 Å². The molecule has 0 aliphatic rings. The number of hydrogen-bond donors (Lipinski definition) is 1. The van der Waals surface area contributed by atoms with Crippen LogP contribution in [0.15, 0.2) is 33.7 Å². The summed E-state index contributed by atoms with van der Waals surface area (Å²) >= 11 is 14.7. The van der Waals surface area contributed by atoms with Crippen LogP contribution in [0.25, 0.3) is 0 Å². The Morgan fingerprint density at radius 3 is 2.81 bits per heavy atom. The van der Waals surface area contributed by atoms with Gasteiger partial charge in [0, 0.05) is 10.2 Å². The van der Waals surface area contributed by atoms with E-state index in [0.717, 1.165) is 14.7 Å². The van der Waals surface area contributed by atoms with E-state index in [1.54, 1.807) is 6.07 Å². The molecule has 0 saturated heterocycles. The average molecular weight is 391 g/mol. The van der Waals surface area contributed by atoms with E-state index in [1.165, 1.54) is 6.20 Å². The lowest BCUT2D eigenvalue weighted by Crippen LogP contribution is -2.30. The highest BCUT2D eigenvalue weighted by molar-refractivity contribution is 9.10. The molecule has 0 bridgehead atoms. The Kier molecular flexibility index (Phi) is 5.03. The molecule has 8 heteroatoms. The molecule has 21 heavy (non-hydrogen) atoms. The van der Waals surface area contributed by atoms with Crippen molar-refractivity contribution in [2.45, 2.75) is 13.5 Å². The third-order valence-electron chi connectivity index (χ3n) is 2.70. The van der Waals surface area contributed by atoms with Crippen molar-refractivity contribution >= 4 is 50.7 Å². The molecule has 0 atom stereocenters. The molecule has 1 N–H and O–H groups in total. The zero-order valence-corrected chi connectivity index (χ0v) is 14.0. The van der Waals surface area contributed by atoms with Gasteiger partial charge < -0.3 is 5.32 Å². The predicted octanol–water partition coefficient (Wildman–Crippen LogP) is 3.26. The Morgan fingerprint density at radius 2 is 2.14 bits per heavy atom. The molecule has 110 valence electrons. The largest absolute Gasteiger partial charge is 0.324 e. The molecular formula is C13H10BrCl2N3O2. The number of carbonyl (C=O) groups is 1. The van der Waals surface area contributed by atoms with Crippen LogP contribution < -0.4 is 10.9 Å². The standard InChI is InChI=1S/C13H10BrCl2N3O2/c1-7-4-8(14)2-3-10(7)18-11(20)6-19-13(21)12(16)9(15)5-17-19/h2-5H,6H2,1H3,(H,18,20). The number of rotatable bonds is 3. The van der Waals surface area contributed by atoms with E-state index >= 15 is 0 Å². The molecule has 0 radical (unpaired) electrons. The summed E-state index contributed by atoms with van der Waals surface area (Å²) in [6, 6.07) is 5.45. The molecule has 1 amide bonds. The molecule has 0 aliphatic carbocycles. The van der Waals surface area contributed by atoms with Gasteiger partial charge in [-0.05, 0) is 30.7 Å². The van der Waals surface area contributed by atoms with Gasteiger partial charge in [-0.2, -0.15) is 5.10 Å². The number of aryl methyl sites for hydroxylation is 1. The maximum absolute atomic E-state index is 12.0. The van der Waals surface area contributed by atoms with Crippen LogP contribution >= 0.6 is 39.1 Å². The molecule has 0 aliphatic heterocycles. The number of halogens is 3. The van der Waals surface area contributed by atoms with E-state index in [9.17, 15) is 9.59 Å². The molecule has 1 heterocycles. The maximum Gasteiger partial charge on any atom is 0.287 e. The second kappa shape index (κ2) is 6.60. The van der Waals surface area contributed by atoms with Crippen LogP contribution in [0.4, 0.5) is 5.69 Å². The summed E-state index contributed by atoms with van der Waals surface area (Å²) in [4.78, 5) is 23.8. The van der Waals surface area contributed by atoms with Gasteiger partial charge in [0.25, 0.3) is 5.56 Å². The minimum atomic E-state index is -0.605. The Morgan fingerprint density at radius 1 is 1.43 bits per heavy atom. The molecule has 0 saturated carbocycles. The van der Waals surface area contributed by atoms with Gasteiger partial charge in [0.05, 0.1) is 11.2 Å². The molecule has 0 fully saturated rings. The molecule has 0 unspecified atom stereocenters. The second-order valence-electron chi connectivity index (χ2n) is 4.28. The monoisotopic (exact) mass is 389 g/mol. The molecule has 5 nitrogen and oxygen atoms in total. The van der Waals surface area contributed by atoms with Crippen molar-refractivity contribution in [1.82, 2.24) is 9.78 Å². The van der Waals surface area contributed by atoms with Crippen molar-refractivity contribution < 1.29 is 4.79 Å². The van der Waals surface area contributed by atoms with Crippen molar-refractivity contribution in [3.05, 3.63) is 54.8 Å². The molecule has 1 aromatic heterocycles. The fourth-order valence-electron chi connectivity index (χ4n) is 1.65. The lowest BCUT2D eigenvalue weighted by atomic mass is 10.2. The number of anilines is 1. The van der Waals surface area contributed by atoms with Gasteiger partial charge in [-0.1, -0.05) is 39.1 Å². The van der Waals surface area contributed by atoms with E-state index < -0.39 is 5.56 Å². The summed E-state index contributed by atoms with van der Waals surface area (Å²) in [6.07, 6.45) is 1.23. The van der Waals surface area contributed by atoms with Crippen molar-refractivity contribution in [2.75, 3.05) is 5.32 Å². The number of amides is 1. The quantitative estimate of drug-likeness (QED) is 0.874. The number of hydrogen-bond acceptors (Lipinski definition) is 3. The van der Waals surface area contributed by atoms with Gasteiger partial charge in [0.15, 0.2) is 0 Å². The molecule has 0 spiro atoms. The maximum atomic E-state index is 12.0. The normalized spacial score (nSPS) is 10.5. The second-order valence-corrected chi connectivity index (χ2v) is 5.98. The summed E-state index contributed by atoms with van der Waals surface area (Å²) < 4.78 is 1.87. The van der Waals surface area contributed by atoms with E-state index in [0.29, 0.717) is 5.69 Å². The van der Waals surface area contributed by atoms with Crippen LogP contribution in [0.3, 0.4) is 0 Å². The van der Waals surface area contributed by atoms with Gasteiger partial charge in [-0.25, -0.2) is 4.68 Å². The number of nitrogens with zero attached hydrogens (tertiary/aromatic N) is 2. The van der Waals surface area contributed by atoms with E-state index in [4.69, 9.17) is 23.2 Å². The first-order valence-corrected chi connectivity index (χ1v) is 7.40. The number of nitrogens with one attached hydrogen (secondary N) is 1. The minimum absolute atomic E-state index is 0.0575. The molecule has 2 aromatic rings. The van der Waals surface area contributed by atoms with Gasteiger partial charge in [-0.3, -0.25) is 9.59 Å². The first-order chi connectivity index (χ1) is 9.88. The Balaban J connectivity index is 2.16. The molecular weight excluding hydrogens is 381 g/mol. The number of carbonyl (C=O) groups excluding carboxylic acids is 1. The van der Waals surface area contributed by atoms with E-state index in [-0.39, 0.29) is 22.5 Å². The van der Waals surface area contributed by atoms with Crippen LogP contribution in [0.2, 0.25) is 10.0 Å². The van der Waals surface area contributed by atoms with Crippen LogP contribution in [0.5, 0.6) is 0 Å². The van der Waals surface area contributed by atoms with Crippen molar-refractivity contribution in [1.29, 1.82) is 0 Å². The van der Waals surface area contributed by atoms with Crippen LogP contribution in [0.1, 0.15) is 5.56 Å². The van der Waals surface area contributed by atoms with Crippen LogP contribution in [-0.4, -0.2) is 15.7 Å². The highest BCUT2D eigenvalue weighted by atomic mass is 79.9. The summed E-state index contributed by atoms with van der Waals surface area (Å²) in [5.74, 6) is -0.381. The summed E-state index contributed by atoms with van der Waals surface area (Å²) in [5, 5.41) is 6.39. The summed E-state index contributed by atoms with van der Waals surface area (Å²) in [7, 11) is 0. The Bertz CT molecular complexity index is 762. The third kappa shape index (κ3) is 3.84. The minimum Gasteiger partial charge on any atom is -0.324 e. The highest BCUT2D eigenvalue weighted by Gasteiger charge is 2.11. The summed E-state index contributed by atoms with van der Waals surface area (Å²) in [5.41, 5.74) is 0.954. The lowest BCUT2D eigenvalue weighted by Gasteiger charge is -2.09. The molecule has 1 aromatic carbocycles. The zero-order chi connectivity index (χ0) is 15.6. The zero-order valence-electron chi connectivity index (χ0n) is 10.9. The Hall–Kier alpha value is -1.37. The number of aromatic nitrogens is 2. The predicted molar refractivity (Wildman–Crippen MR) is 86.0 cm³/mol. The van der Waals surface area contributed by atoms with Crippen molar-refractivity contribution in [3.63, 3.8) is 0 Å². The van der Waals surface area contributed by atoms with E-state index in [1.807, 2.05) is 19.1 Å².